The van der Waals surface area contributed by atoms with Crippen LogP contribution < -0.4 is 5.63 Å². The molecule has 0 fully saturated rings. The lowest BCUT2D eigenvalue weighted by atomic mass is 10.1. The van der Waals surface area contributed by atoms with Gasteiger partial charge in [-0.15, -0.1) is 23.2 Å². The quantitative estimate of drug-likeness (QED) is 0.636. The van der Waals surface area contributed by atoms with Crippen molar-refractivity contribution in [1.82, 2.24) is 0 Å². The zero-order valence-corrected chi connectivity index (χ0v) is 11.3. The lowest BCUT2D eigenvalue weighted by Gasteiger charge is -2.17. The van der Waals surface area contributed by atoms with Gasteiger partial charge >= 0.3 is 5.63 Å². The maximum Gasteiger partial charge on any atom is 0.347 e. The number of fused-ring (bicyclic) bond motifs is 1. The molecule has 2 rings (SSSR count). The smallest absolute Gasteiger partial charge is 0.347 e. The van der Waals surface area contributed by atoms with E-state index in [1.807, 2.05) is 0 Å². The summed E-state index contributed by atoms with van der Waals surface area (Å²) in [5, 5.41) is 38.3. The van der Waals surface area contributed by atoms with Gasteiger partial charge in [-0.3, -0.25) is 0 Å². The summed E-state index contributed by atoms with van der Waals surface area (Å²) in [4.78, 5) is 10.5. The zero-order chi connectivity index (χ0) is 15.0. The molecule has 4 N–H and O–H groups in total. The highest BCUT2D eigenvalue weighted by Gasteiger charge is 2.27. The van der Waals surface area contributed by atoms with E-state index < -0.39 is 28.4 Å². The molecule has 1 aromatic heterocycles. The highest BCUT2D eigenvalue weighted by atomic mass is 35.5. The summed E-state index contributed by atoms with van der Waals surface area (Å²) in [6, 6.07) is 3.38. The number of phenolic OH excluding ortho intramolecular Hbond substituents is 2. The fraction of sp³-hybridized carbons (Fsp3) is 0.250. The number of alkyl halides is 2. The third-order valence-corrected chi connectivity index (χ3v) is 3.23. The van der Waals surface area contributed by atoms with Crippen molar-refractivity contribution < 1.29 is 24.8 Å². The van der Waals surface area contributed by atoms with Crippen molar-refractivity contribution in [2.75, 3.05) is 0 Å². The van der Waals surface area contributed by atoms with E-state index in [1.54, 1.807) is 0 Å². The first-order valence-electron chi connectivity index (χ1n) is 5.45. The molecule has 0 unspecified atom stereocenters. The summed E-state index contributed by atoms with van der Waals surface area (Å²) in [6.07, 6.45) is -3.19. The molecule has 1 heterocycles. The SMILES string of the molecule is O=c1oc([C@H](O)[C@H](O)C(Cl)Cl)cc2cc(O)cc(O)c12. The summed E-state index contributed by atoms with van der Waals surface area (Å²) in [5.41, 5.74) is -0.929. The zero-order valence-electron chi connectivity index (χ0n) is 9.83. The monoisotopic (exact) mass is 320 g/mol. The molecular weight excluding hydrogens is 311 g/mol. The molecule has 0 saturated heterocycles. The number of aliphatic hydroxyl groups excluding tert-OH is 2. The Morgan fingerprint density at radius 2 is 1.75 bits per heavy atom. The Hall–Kier alpha value is -1.47. The summed E-state index contributed by atoms with van der Waals surface area (Å²) in [5.74, 6) is -1.01. The first-order chi connectivity index (χ1) is 9.31. The van der Waals surface area contributed by atoms with Crippen molar-refractivity contribution >= 4 is 34.0 Å². The molecule has 2 aromatic rings. The molecule has 0 saturated carbocycles. The normalized spacial score (nSPS) is 14.7. The molecule has 20 heavy (non-hydrogen) atoms. The maximum atomic E-state index is 11.8. The second-order valence-electron chi connectivity index (χ2n) is 4.14. The van der Waals surface area contributed by atoms with Crippen LogP contribution in [-0.2, 0) is 0 Å². The van der Waals surface area contributed by atoms with Crippen molar-refractivity contribution in [2.45, 2.75) is 17.0 Å². The van der Waals surface area contributed by atoms with E-state index in [-0.39, 0.29) is 22.3 Å². The molecule has 0 amide bonds. The van der Waals surface area contributed by atoms with Crippen LogP contribution in [0.2, 0.25) is 0 Å². The molecule has 8 heteroatoms. The van der Waals surface area contributed by atoms with E-state index in [4.69, 9.17) is 27.6 Å². The van der Waals surface area contributed by atoms with Crippen LogP contribution in [0.3, 0.4) is 0 Å². The fourth-order valence-electron chi connectivity index (χ4n) is 1.76. The number of benzene rings is 1. The lowest BCUT2D eigenvalue weighted by Crippen LogP contribution is -2.25. The molecule has 1 aromatic carbocycles. The van der Waals surface area contributed by atoms with Crippen molar-refractivity contribution in [3.05, 3.63) is 34.4 Å². The van der Waals surface area contributed by atoms with Crippen LogP contribution in [-0.4, -0.2) is 31.4 Å². The summed E-state index contributed by atoms with van der Waals surface area (Å²) in [6.45, 7) is 0. The van der Waals surface area contributed by atoms with Crippen LogP contribution >= 0.6 is 23.2 Å². The number of halogens is 2. The molecule has 0 radical (unpaired) electrons. The molecule has 0 aliphatic heterocycles. The summed E-state index contributed by atoms with van der Waals surface area (Å²) < 4.78 is 4.82. The Bertz CT molecular complexity index is 696. The van der Waals surface area contributed by atoms with E-state index in [0.717, 1.165) is 6.07 Å². The van der Waals surface area contributed by atoms with Crippen LogP contribution in [0.15, 0.2) is 27.4 Å². The Morgan fingerprint density at radius 3 is 2.35 bits per heavy atom. The minimum absolute atomic E-state index is 0.140. The predicted molar refractivity (Wildman–Crippen MR) is 72.3 cm³/mol. The number of aliphatic hydroxyl groups is 2. The van der Waals surface area contributed by atoms with Crippen LogP contribution in [0.5, 0.6) is 11.5 Å². The third-order valence-electron chi connectivity index (χ3n) is 2.72. The van der Waals surface area contributed by atoms with Gasteiger partial charge in [0.1, 0.15) is 39.7 Å². The van der Waals surface area contributed by atoms with Crippen LogP contribution in [0, 0.1) is 0 Å². The van der Waals surface area contributed by atoms with Gasteiger partial charge in [0, 0.05) is 6.07 Å². The molecule has 0 aliphatic carbocycles. The summed E-state index contributed by atoms with van der Waals surface area (Å²) in [7, 11) is 0. The van der Waals surface area contributed by atoms with Gasteiger partial charge in [-0.1, -0.05) is 0 Å². The average Bonchev–Trinajstić information content (AvgIpc) is 2.35. The maximum absolute atomic E-state index is 11.8. The number of hydrogen-bond acceptors (Lipinski definition) is 6. The summed E-state index contributed by atoms with van der Waals surface area (Å²) >= 11 is 10.9. The van der Waals surface area contributed by atoms with Gasteiger partial charge in [0.25, 0.3) is 0 Å². The average molecular weight is 321 g/mol. The van der Waals surface area contributed by atoms with Gasteiger partial charge in [0.05, 0.1) is 0 Å². The van der Waals surface area contributed by atoms with Crippen LogP contribution in [0.1, 0.15) is 11.9 Å². The Labute approximate surface area is 122 Å². The molecule has 2 atom stereocenters. The van der Waals surface area contributed by atoms with Gasteiger partial charge in [-0.05, 0) is 17.5 Å². The largest absolute Gasteiger partial charge is 0.508 e. The molecule has 6 nitrogen and oxygen atoms in total. The van der Waals surface area contributed by atoms with Gasteiger partial charge in [0.2, 0.25) is 0 Å². The molecule has 108 valence electrons. The fourth-order valence-corrected chi connectivity index (χ4v) is 2.04. The first-order valence-corrected chi connectivity index (χ1v) is 6.32. The number of rotatable bonds is 3. The molecule has 0 aliphatic rings. The third kappa shape index (κ3) is 2.69. The predicted octanol–water partition coefficient (Wildman–Crippen LogP) is 1.40. The Morgan fingerprint density at radius 1 is 1.10 bits per heavy atom. The Balaban J connectivity index is 2.61. The van der Waals surface area contributed by atoms with E-state index in [0.29, 0.717) is 0 Å². The van der Waals surface area contributed by atoms with E-state index in [1.165, 1.54) is 12.1 Å². The minimum Gasteiger partial charge on any atom is -0.508 e. The molecule has 0 bridgehead atoms. The standard InChI is InChI=1S/C12H10Cl2O6/c13-11(14)10(18)9(17)7-2-4-1-5(15)3-6(16)8(4)12(19)20-7/h1-3,9-11,15-18H/t9-,10-/m0/s1. The van der Waals surface area contributed by atoms with Crippen molar-refractivity contribution in [1.29, 1.82) is 0 Å². The number of phenols is 2. The second kappa shape index (κ2) is 5.49. The van der Waals surface area contributed by atoms with Crippen LogP contribution in [0.25, 0.3) is 10.8 Å². The van der Waals surface area contributed by atoms with Crippen molar-refractivity contribution in [3.8, 4) is 11.5 Å². The minimum atomic E-state index is -1.63. The van der Waals surface area contributed by atoms with Gasteiger partial charge in [0.15, 0.2) is 0 Å². The lowest BCUT2D eigenvalue weighted by molar-refractivity contribution is 0.0121. The van der Waals surface area contributed by atoms with Gasteiger partial charge < -0.3 is 24.8 Å². The molecular formula is C12H10Cl2O6. The number of aromatic hydroxyl groups is 2. The van der Waals surface area contributed by atoms with Crippen molar-refractivity contribution in [3.63, 3.8) is 0 Å². The topological polar surface area (TPSA) is 111 Å². The van der Waals surface area contributed by atoms with Gasteiger partial charge in [-0.25, -0.2) is 4.79 Å². The van der Waals surface area contributed by atoms with Gasteiger partial charge in [-0.2, -0.15) is 0 Å². The van der Waals surface area contributed by atoms with Crippen molar-refractivity contribution in [2.24, 2.45) is 0 Å². The van der Waals surface area contributed by atoms with E-state index in [2.05, 4.69) is 0 Å². The highest BCUT2D eigenvalue weighted by molar-refractivity contribution is 6.44. The number of hydrogen-bond donors (Lipinski definition) is 4. The van der Waals surface area contributed by atoms with Crippen LogP contribution in [0.4, 0.5) is 0 Å². The first kappa shape index (κ1) is 14.9. The van der Waals surface area contributed by atoms with E-state index in [9.17, 15) is 25.2 Å². The highest BCUT2D eigenvalue weighted by Crippen LogP contribution is 2.30. The molecule has 0 spiro atoms. The Kier molecular flexibility index (Phi) is 4.10. The van der Waals surface area contributed by atoms with E-state index >= 15 is 0 Å². The second-order valence-corrected chi connectivity index (χ2v) is 5.30.